The lowest BCUT2D eigenvalue weighted by atomic mass is 9.74. The fourth-order valence-corrected chi connectivity index (χ4v) is 1.85. The fraction of sp³-hybridized carbons (Fsp3) is 0.833. The highest BCUT2D eigenvalue weighted by Gasteiger charge is 2.50. The van der Waals surface area contributed by atoms with Gasteiger partial charge in [0.15, 0.2) is 0 Å². The summed E-state index contributed by atoms with van der Waals surface area (Å²) in [6, 6.07) is 0.299. The van der Waals surface area contributed by atoms with Crippen LogP contribution in [0.2, 0.25) is 0 Å². The van der Waals surface area contributed by atoms with Crippen molar-refractivity contribution < 1.29 is 9.90 Å². The zero-order chi connectivity index (χ0) is 6.43. The van der Waals surface area contributed by atoms with Crippen molar-refractivity contribution in [2.45, 2.75) is 12.5 Å². The molecule has 3 aliphatic rings. The largest absolute Gasteiger partial charge is 0.481 e. The van der Waals surface area contributed by atoms with Gasteiger partial charge in [-0.1, -0.05) is 0 Å². The first-order valence-electron chi connectivity index (χ1n) is 3.25. The Bertz CT molecular complexity index is 143. The van der Waals surface area contributed by atoms with Crippen LogP contribution in [0.25, 0.3) is 0 Å². The smallest absolute Gasteiger partial charge is 0.308 e. The van der Waals surface area contributed by atoms with E-state index in [4.69, 9.17) is 5.11 Å². The Labute approximate surface area is 53.1 Å². The molecule has 1 aliphatic carbocycles. The monoisotopic (exact) mass is 127 g/mol. The topological polar surface area (TPSA) is 49.3 Å². The Balaban J connectivity index is 2.10. The maximum absolute atomic E-state index is 10.4. The Hall–Kier alpha value is -0.570. The molecular formula is C6H9NO2. The van der Waals surface area contributed by atoms with E-state index in [2.05, 4.69) is 5.32 Å². The molecule has 9 heavy (non-hydrogen) atoms. The maximum atomic E-state index is 10.4. The molecule has 2 aliphatic heterocycles. The van der Waals surface area contributed by atoms with Crippen LogP contribution in [-0.4, -0.2) is 23.7 Å². The average Bonchev–Trinajstić information content (AvgIpc) is 2.13. The second kappa shape index (κ2) is 1.48. The summed E-state index contributed by atoms with van der Waals surface area (Å²) in [5.41, 5.74) is 0. The minimum Gasteiger partial charge on any atom is -0.481 e. The molecular weight excluding hydrogens is 118 g/mol. The first kappa shape index (κ1) is 5.23. The second-order valence-electron chi connectivity index (χ2n) is 2.87. The van der Waals surface area contributed by atoms with Crippen LogP contribution in [0.15, 0.2) is 0 Å². The third kappa shape index (κ3) is 0.525. The van der Waals surface area contributed by atoms with Crippen LogP contribution >= 0.6 is 0 Å². The fourth-order valence-electron chi connectivity index (χ4n) is 1.85. The number of rotatable bonds is 1. The quantitative estimate of drug-likeness (QED) is 0.507. The Morgan fingerprint density at radius 2 is 2.44 bits per heavy atom. The lowest BCUT2D eigenvalue weighted by Gasteiger charge is -2.30. The minimum atomic E-state index is -0.624. The number of carboxylic acids is 1. The normalized spacial score (nSPS) is 46.4. The summed E-state index contributed by atoms with van der Waals surface area (Å²) < 4.78 is 0. The van der Waals surface area contributed by atoms with Gasteiger partial charge in [0.25, 0.3) is 0 Å². The molecule has 2 bridgehead atoms. The van der Waals surface area contributed by atoms with Crippen LogP contribution in [0, 0.1) is 11.8 Å². The molecule has 1 saturated carbocycles. The highest BCUT2D eigenvalue weighted by atomic mass is 16.4. The molecule has 3 atom stereocenters. The van der Waals surface area contributed by atoms with Gasteiger partial charge >= 0.3 is 5.97 Å². The summed E-state index contributed by atoms with van der Waals surface area (Å²) in [5, 5.41) is 11.7. The van der Waals surface area contributed by atoms with Crippen molar-refractivity contribution in [2.24, 2.45) is 11.8 Å². The van der Waals surface area contributed by atoms with E-state index in [1.807, 2.05) is 0 Å². The zero-order valence-electron chi connectivity index (χ0n) is 5.00. The predicted molar refractivity (Wildman–Crippen MR) is 31.0 cm³/mol. The number of hydrogen-bond acceptors (Lipinski definition) is 2. The van der Waals surface area contributed by atoms with Gasteiger partial charge in [0, 0.05) is 6.04 Å². The molecule has 0 spiro atoms. The van der Waals surface area contributed by atoms with Crippen molar-refractivity contribution in [2.75, 3.05) is 6.54 Å². The highest BCUT2D eigenvalue weighted by Crippen LogP contribution is 2.39. The lowest BCUT2D eigenvalue weighted by Crippen LogP contribution is -2.42. The zero-order valence-corrected chi connectivity index (χ0v) is 5.00. The van der Waals surface area contributed by atoms with Gasteiger partial charge in [0.1, 0.15) is 0 Å². The molecule has 2 heterocycles. The number of nitrogens with one attached hydrogen (secondary N) is 1. The van der Waals surface area contributed by atoms with Crippen molar-refractivity contribution in [1.29, 1.82) is 0 Å². The van der Waals surface area contributed by atoms with Gasteiger partial charge in [-0.2, -0.15) is 0 Å². The molecule has 0 amide bonds. The molecule has 50 valence electrons. The summed E-state index contributed by atoms with van der Waals surface area (Å²) in [6.07, 6.45) is 1.08. The number of carboxylic acid groups (broad SMARTS) is 1. The van der Waals surface area contributed by atoms with E-state index in [0.717, 1.165) is 13.0 Å². The van der Waals surface area contributed by atoms with E-state index in [-0.39, 0.29) is 5.92 Å². The third-order valence-electron chi connectivity index (χ3n) is 2.43. The van der Waals surface area contributed by atoms with Gasteiger partial charge in [0.2, 0.25) is 0 Å². The van der Waals surface area contributed by atoms with Crippen LogP contribution in [-0.2, 0) is 4.79 Å². The van der Waals surface area contributed by atoms with Crippen LogP contribution in [0.5, 0.6) is 0 Å². The van der Waals surface area contributed by atoms with Crippen LogP contribution in [0.3, 0.4) is 0 Å². The van der Waals surface area contributed by atoms with Gasteiger partial charge in [-0.15, -0.1) is 0 Å². The summed E-state index contributed by atoms with van der Waals surface area (Å²) in [6.45, 7) is 0.918. The minimum absolute atomic E-state index is 0.0648. The van der Waals surface area contributed by atoms with Gasteiger partial charge in [-0.3, -0.25) is 4.79 Å². The molecule has 2 N–H and O–H groups in total. The second-order valence-corrected chi connectivity index (χ2v) is 2.87. The molecule has 2 saturated heterocycles. The highest BCUT2D eigenvalue weighted by molar-refractivity contribution is 5.73. The molecule has 0 radical (unpaired) electrons. The SMILES string of the molecule is O=C(O)[C@@H]1C2C[C@@H]1CN2. The van der Waals surface area contributed by atoms with Crippen molar-refractivity contribution >= 4 is 5.97 Å². The first-order valence-corrected chi connectivity index (χ1v) is 3.25. The lowest BCUT2D eigenvalue weighted by molar-refractivity contribution is -0.146. The van der Waals surface area contributed by atoms with Crippen LogP contribution in [0.4, 0.5) is 0 Å². The van der Waals surface area contributed by atoms with Gasteiger partial charge in [-0.25, -0.2) is 0 Å². The van der Waals surface area contributed by atoms with E-state index in [1.165, 1.54) is 0 Å². The Morgan fingerprint density at radius 3 is 2.67 bits per heavy atom. The van der Waals surface area contributed by atoms with E-state index in [0.29, 0.717) is 12.0 Å². The molecule has 0 aromatic rings. The number of hydrogen-bond donors (Lipinski definition) is 2. The van der Waals surface area contributed by atoms with Gasteiger partial charge < -0.3 is 10.4 Å². The standard InChI is InChI=1S/C6H9NO2/c8-6(9)5-3-1-4(5)7-2-3/h3-5,7H,1-2H2,(H,8,9)/t3-,4?,5+/m1/s1. The summed E-state index contributed by atoms with van der Waals surface area (Å²) in [4.78, 5) is 10.4. The first-order chi connectivity index (χ1) is 4.29. The number of fused-ring (bicyclic) bond motifs is 1. The molecule has 3 fully saturated rings. The van der Waals surface area contributed by atoms with Crippen LogP contribution in [0.1, 0.15) is 6.42 Å². The van der Waals surface area contributed by atoms with Gasteiger partial charge in [-0.05, 0) is 18.9 Å². The summed E-state index contributed by atoms with van der Waals surface area (Å²) in [7, 11) is 0. The van der Waals surface area contributed by atoms with E-state index in [1.54, 1.807) is 0 Å². The van der Waals surface area contributed by atoms with Crippen molar-refractivity contribution in [1.82, 2.24) is 5.32 Å². The van der Waals surface area contributed by atoms with E-state index >= 15 is 0 Å². The summed E-state index contributed by atoms with van der Waals surface area (Å²) >= 11 is 0. The van der Waals surface area contributed by atoms with E-state index in [9.17, 15) is 4.79 Å². The van der Waals surface area contributed by atoms with Crippen LogP contribution < -0.4 is 5.32 Å². The number of carbonyl (C=O) groups is 1. The van der Waals surface area contributed by atoms with Crippen molar-refractivity contribution in [3.05, 3.63) is 0 Å². The summed E-state index contributed by atoms with van der Waals surface area (Å²) in [5.74, 6) is -0.251. The molecule has 3 rings (SSSR count). The molecule has 1 unspecified atom stereocenters. The Kier molecular flexibility index (Phi) is 0.858. The molecule has 3 nitrogen and oxygen atoms in total. The van der Waals surface area contributed by atoms with Crippen molar-refractivity contribution in [3.8, 4) is 0 Å². The maximum Gasteiger partial charge on any atom is 0.308 e. The van der Waals surface area contributed by atoms with E-state index < -0.39 is 5.97 Å². The average molecular weight is 127 g/mol. The molecule has 0 aromatic heterocycles. The van der Waals surface area contributed by atoms with Gasteiger partial charge in [0.05, 0.1) is 5.92 Å². The Morgan fingerprint density at radius 1 is 1.67 bits per heavy atom. The molecule has 0 aromatic carbocycles. The predicted octanol–water partition coefficient (Wildman–Crippen LogP) is -0.321. The number of aliphatic carboxylic acids is 1. The molecule has 3 heteroatoms. The van der Waals surface area contributed by atoms with Crippen molar-refractivity contribution in [3.63, 3.8) is 0 Å². The third-order valence-corrected chi connectivity index (χ3v) is 2.43.